The zero-order valence-electron chi connectivity index (χ0n) is 33.0. The summed E-state index contributed by atoms with van der Waals surface area (Å²) in [7, 11) is -2.42. The molecule has 12 nitrogen and oxygen atoms in total. The van der Waals surface area contributed by atoms with E-state index in [0.717, 1.165) is 13.8 Å². The lowest BCUT2D eigenvalue weighted by molar-refractivity contribution is -0.257. The number of benzene rings is 1. The van der Waals surface area contributed by atoms with Gasteiger partial charge in [-0.25, -0.2) is 13.4 Å². The minimum Gasteiger partial charge on any atom is -0.494 e. The number of sulfonamides is 1. The van der Waals surface area contributed by atoms with Gasteiger partial charge in [-0.05, 0) is 76.2 Å². The molecule has 3 fully saturated rings. The Hall–Kier alpha value is -4.21. The van der Waals surface area contributed by atoms with Crippen molar-refractivity contribution >= 4 is 44.4 Å². The fourth-order valence-corrected chi connectivity index (χ4v) is 9.75. The normalized spacial score (nSPS) is 29.4. The number of hydrogen-bond donors (Lipinski definition) is 1. The third-order valence-electron chi connectivity index (χ3n) is 12.2. The fraction of sp³-hybridized carbons (Fsp3) is 0.634. The molecular weight excluding hydrogens is 768 g/mol. The van der Waals surface area contributed by atoms with E-state index in [1.165, 1.54) is 18.2 Å². The number of rotatable bonds is 10. The molecule has 57 heavy (non-hydrogen) atoms. The lowest BCUT2D eigenvalue weighted by Crippen LogP contribution is -2.48. The van der Waals surface area contributed by atoms with Crippen molar-refractivity contribution in [2.24, 2.45) is 29.1 Å². The Kier molecular flexibility index (Phi) is 12.1. The average Bonchev–Trinajstić information content (AvgIpc) is 4.07. The molecule has 2 saturated carbocycles. The molecule has 2 amide bonds. The molecule has 16 heteroatoms. The number of halogens is 3. The Balaban J connectivity index is 1.37. The largest absolute Gasteiger partial charge is 0.494 e. The fourth-order valence-electron chi connectivity index (χ4n) is 8.36. The number of nitrogens with zero attached hydrogens (tertiary/aromatic N) is 2. The minimum absolute atomic E-state index is 0.0172. The van der Waals surface area contributed by atoms with E-state index in [1.807, 2.05) is 38.1 Å². The summed E-state index contributed by atoms with van der Waals surface area (Å²) in [6.07, 6.45) is 1.88. The SMILES string of the molecule is CC[C@@H]1C[C@H](C)CC/C=C\[C@@H]2C[C@@]2(C(=O)NS(=O)(=O)C2CC2)CC(=O)[C@@H]2C[C@@H](Oc3ncc(OC)c4ccccc34)CN2C(=O)[C@H]1CC(=O)OC(C)(C)C(F)(F)F. The highest BCUT2D eigenvalue weighted by atomic mass is 32.2. The molecule has 0 bridgehead atoms. The molecule has 2 aliphatic heterocycles. The zero-order valence-corrected chi connectivity index (χ0v) is 33.8. The maximum absolute atomic E-state index is 14.9. The van der Waals surface area contributed by atoms with Crippen LogP contribution in [0.15, 0.2) is 42.6 Å². The van der Waals surface area contributed by atoms with E-state index in [-0.39, 0.29) is 37.6 Å². The second kappa shape index (κ2) is 16.2. The third-order valence-corrected chi connectivity index (χ3v) is 14.0. The molecule has 1 aromatic heterocycles. The third kappa shape index (κ3) is 9.10. The van der Waals surface area contributed by atoms with E-state index in [0.29, 0.717) is 55.0 Å². The van der Waals surface area contributed by atoms with Gasteiger partial charge in [-0.3, -0.25) is 23.9 Å². The van der Waals surface area contributed by atoms with Gasteiger partial charge in [0.05, 0.1) is 48.9 Å². The molecule has 6 rings (SSSR count). The first-order valence-corrected chi connectivity index (χ1v) is 21.3. The Morgan fingerprint density at radius 1 is 1.07 bits per heavy atom. The highest BCUT2D eigenvalue weighted by molar-refractivity contribution is 7.90. The second-order valence-corrected chi connectivity index (χ2v) is 18.7. The molecule has 0 radical (unpaired) electrons. The van der Waals surface area contributed by atoms with Crippen LogP contribution >= 0.6 is 0 Å². The van der Waals surface area contributed by atoms with Crippen molar-refractivity contribution in [3.8, 4) is 11.6 Å². The Bertz CT molecular complexity index is 2020. The average molecular weight is 820 g/mol. The number of amides is 2. The summed E-state index contributed by atoms with van der Waals surface area (Å²) >= 11 is 0. The summed E-state index contributed by atoms with van der Waals surface area (Å²) in [6.45, 7) is 5.22. The summed E-state index contributed by atoms with van der Waals surface area (Å²) in [5.74, 6) is -4.30. The Morgan fingerprint density at radius 2 is 1.77 bits per heavy atom. The Labute approximate surface area is 331 Å². The first-order chi connectivity index (χ1) is 26.8. The summed E-state index contributed by atoms with van der Waals surface area (Å²) in [4.78, 5) is 62.5. The first-order valence-electron chi connectivity index (χ1n) is 19.7. The maximum Gasteiger partial charge on any atom is 0.427 e. The van der Waals surface area contributed by atoms with Crippen molar-refractivity contribution in [1.82, 2.24) is 14.6 Å². The minimum atomic E-state index is -4.86. The first kappa shape index (κ1) is 42.4. The van der Waals surface area contributed by atoms with E-state index >= 15 is 0 Å². The number of allylic oxidation sites excluding steroid dienone is 2. The quantitative estimate of drug-likeness (QED) is 0.209. The number of hydrogen-bond acceptors (Lipinski definition) is 10. The molecule has 7 atom stereocenters. The highest BCUT2D eigenvalue weighted by Gasteiger charge is 2.62. The number of methoxy groups -OCH3 is 1. The molecule has 3 heterocycles. The molecule has 2 aliphatic carbocycles. The number of carbonyl (C=O) groups is 4. The Morgan fingerprint density at radius 3 is 2.42 bits per heavy atom. The monoisotopic (exact) mass is 819 g/mol. The number of pyridine rings is 1. The van der Waals surface area contributed by atoms with Crippen molar-refractivity contribution in [2.75, 3.05) is 13.7 Å². The number of Topliss-reactive ketones (excluding diaryl/α,β-unsaturated/α-hetero) is 1. The van der Waals surface area contributed by atoms with E-state index in [4.69, 9.17) is 14.2 Å². The van der Waals surface area contributed by atoms with Crippen LogP contribution in [0.1, 0.15) is 91.9 Å². The van der Waals surface area contributed by atoms with Gasteiger partial charge in [0.15, 0.2) is 5.78 Å². The number of fused-ring (bicyclic) bond motifs is 3. The van der Waals surface area contributed by atoms with Crippen LogP contribution in [-0.4, -0.2) is 84.7 Å². The van der Waals surface area contributed by atoms with Gasteiger partial charge in [0, 0.05) is 23.6 Å². The molecule has 312 valence electrons. The van der Waals surface area contributed by atoms with Crippen LogP contribution in [0.5, 0.6) is 11.6 Å². The van der Waals surface area contributed by atoms with Crippen LogP contribution in [0, 0.1) is 29.1 Å². The number of alkyl halides is 3. The number of ketones is 1. The van der Waals surface area contributed by atoms with Gasteiger partial charge in [0.25, 0.3) is 0 Å². The summed E-state index contributed by atoms with van der Waals surface area (Å²) in [6, 6.07) is 6.09. The van der Waals surface area contributed by atoms with Crippen molar-refractivity contribution < 1.29 is 55.0 Å². The number of carbonyl (C=O) groups excluding carboxylic acids is 4. The predicted octanol–water partition coefficient (Wildman–Crippen LogP) is 6.46. The molecule has 1 N–H and O–H groups in total. The summed E-state index contributed by atoms with van der Waals surface area (Å²) in [5.41, 5.74) is -4.17. The number of nitrogens with one attached hydrogen (secondary N) is 1. The topological polar surface area (TPSA) is 158 Å². The number of ether oxygens (including phenoxy) is 3. The molecule has 2 aromatic rings. The van der Waals surface area contributed by atoms with Gasteiger partial charge in [-0.1, -0.05) is 50.6 Å². The standard InChI is InChI=1S/C41H52F3N3O9S/c1-6-25-17-24(2)11-7-8-12-26-20-40(26,38(51)46-57(52,53)28-15-16-28)21-33(48)32-18-27(55-36-30-14-10-9-13-29(30)34(54-5)22-45-36)23-47(32)37(50)31(25)19-35(49)56-39(3,4)41(42,43)44/h8-10,12-14,22,24-28,31-32H,6-7,11,15-21,23H2,1-5H3,(H,46,51)/b12-8-/t24-,25-,26-,27-,31+,32+,40-/m1/s1. The van der Waals surface area contributed by atoms with Crippen LogP contribution in [0.4, 0.5) is 13.2 Å². The zero-order chi connectivity index (χ0) is 41.5. The van der Waals surface area contributed by atoms with Gasteiger partial charge in [-0.2, -0.15) is 13.2 Å². The van der Waals surface area contributed by atoms with Gasteiger partial charge >= 0.3 is 12.1 Å². The number of esters is 1. The summed E-state index contributed by atoms with van der Waals surface area (Å²) in [5, 5.41) is 0.671. The van der Waals surface area contributed by atoms with Crippen LogP contribution in [0.25, 0.3) is 10.8 Å². The van der Waals surface area contributed by atoms with Crippen LogP contribution in [0.2, 0.25) is 0 Å². The molecular formula is C41H52F3N3O9S. The van der Waals surface area contributed by atoms with Crippen molar-refractivity contribution in [3.63, 3.8) is 0 Å². The van der Waals surface area contributed by atoms with Gasteiger partial charge in [0.1, 0.15) is 11.9 Å². The van der Waals surface area contributed by atoms with Crippen LogP contribution in [0.3, 0.4) is 0 Å². The molecule has 0 spiro atoms. The summed E-state index contributed by atoms with van der Waals surface area (Å²) < 4.78 is 86.3. The van der Waals surface area contributed by atoms with E-state index < -0.39 is 92.4 Å². The lowest BCUT2D eigenvalue weighted by Gasteiger charge is -2.34. The lowest BCUT2D eigenvalue weighted by atomic mass is 9.79. The van der Waals surface area contributed by atoms with Crippen molar-refractivity contribution in [3.05, 3.63) is 42.6 Å². The van der Waals surface area contributed by atoms with Crippen molar-refractivity contribution in [2.45, 2.75) is 121 Å². The van der Waals surface area contributed by atoms with E-state index in [1.54, 1.807) is 12.1 Å². The molecule has 4 aliphatic rings. The smallest absolute Gasteiger partial charge is 0.427 e. The van der Waals surface area contributed by atoms with Crippen molar-refractivity contribution in [1.29, 1.82) is 0 Å². The van der Waals surface area contributed by atoms with Gasteiger partial charge in [0.2, 0.25) is 33.3 Å². The van der Waals surface area contributed by atoms with E-state index in [2.05, 4.69) is 9.71 Å². The van der Waals surface area contributed by atoms with Gasteiger partial charge in [-0.15, -0.1) is 0 Å². The van der Waals surface area contributed by atoms with Crippen LogP contribution < -0.4 is 14.2 Å². The molecule has 1 aromatic carbocycles. The molecule has 1 saturated heterocycles. The van der Waals surface area contributed by atoms with Gasteiger partial charge < -0.3 is 19.1 Å². The van der Waals surface area contributed by atoms with E-state index in [9.17, 15) is 40.8 Å². The second-order valence-electron chi connectivity index (χ2n) is 16.8. The molecule has 0 unspecified atom stereocenters. The highest BCUT2D eigenvalue weighted by Crippen LogP contribution is 2.57. The predicted molar refractivity (Wildman–Crippen MR) is 203 cm³/mol. The maximum atomic E-state index is 14.9. The number of aromatic nitrogens is 1. The van der Waals surface area contributed by atoms with Crippen LogP contribution in [-0.2, 0) is 33.9 Å².